The first kappa shape index (κ1) is 17.9. The van der Waals surface area contributed by atoms with Crippen LogP contribution in [0.15, 0.2) is 42.9 Å². The average molecular weight is 380 g/mol. The first-order valence-electron chi connectivity index (χ1n) is 9.11. The molecule has 2 aromatic rings. The van der Waals surface area contributed by atoms with Crippen LogP contribution in [0.2, 0.25) is 0 Å². The molecule has 144 valence electrons. The molecule has 0 aliphatic carbocycles. The lowest BCUT2D eigenvalue weighted by atomic mass is 10.1. The van der Waals surface area contributed by atoms with Crippen LogP contribution in [0, 0.1) is 0 Å². The van der Waals surface area contributed by atoms with Gasteiger partial charge in [0.1, 0.15) is 11.9 Å². The number of carbonyl (C=O) groups excluding carboxylic acids is 3. The monoisotopic (exact) mass is 380 g/mol. The third-order valence-corrected chi connectivity index (χ3v) is 4.94. The van der Waals surface area contributed by atoms with E-state index in [0.29, 0.717) is 37.4 Å². The maximum Gasteiger partial charge on any atom is 0.254 e. The Hall–Kier alpha value is -3.49. The van der Waals surface area contributed by atoms with E-state index in [9.17, 15) is 14.4 Å². The highest BCUT2D eigenvalue weighted by atomic mass is 16.2. The molecule has 1 aromatic heterocycles. The number of benzene rings is 1. The topological polar surface area (TPSA) is 108 Å². The summed E-state index contributed by atoms with van der Waals surface area (Å²) in [5.74, 6) is -0.128. The highest BCUT2D eigenvalue weighted by molar-refractivity contribution is 6.10. The molecule has 3 amide bonds. The lowest BCUT2D eigenvalue weighted by Crippen LogP contribution is -2.51. The minimum Gasteiger partial charge on any atom is -0.352 e. The molecule has 3 heterocycles. The molecule has 0 radical (unpaired) electrons. The molecule has 2 aliphatic heterocycles. The fourth-order valence-electron chi connectivity index (χ4n) is 3.40. The van der Waals surface area contributed by atoms with Crippen molar-refractivity contribution in [3.63, 3.8) is 0 Å². The van der Waals surface area contributed by atoms with Gasteiger partial charge in [0, 0.05) is 38.6 Å². The van der Waals surface area contributed by atoms with Crippen LogP contribution in [0.25, 0.3) is 0 Å². The Morgan fingerprint density at radius 2 is 1.89 bits per heavy atom. The minimum absolute atomic E-state index is 0.0727. The number of piperazine rings is 1. The number of hydrogen-bond donors (Lipinski definition) is 2. The van der Waals surface area contributed by atoms with Crippen LogP contribution in [0.3, 0.4) is 0 Å². The Morgan fingerprint density at radius 1 is 1.11 bits per heavy atom. The second kappa shape index (κ2) is 7.63. The van der Waals surface area contributed by atoms with Gasteiger partial charge < -0.3 is 20.4 Å². The highest BCUT2D eigenvalue weighted by Gasteiger charge is 2.31. The van der Waals surface area contributed by atoms with Crippen molar-refractivity contribution in [1.29, 1.82) is 0 Å². The molecule has 0 spiro atoms. The zero-order chi connectivity index (χ0) is 19.5. The van der Waals surface area contributed by atoms with Crippen LogP contribution >= 0.6 is 0 Å². The molecule has 1 aromatic carbocycles. The molecule has 0 saturated carbocycles. The number of rotatable bonds is 3. The number of para-hydroxylation sites is 1. The van der Waals surface area contributed by atoms with E-state index < -0.39 is 6.04 Å². The van der Waals surface area contributed by atoms with Crippen molar-refractivity contribution in [1.82, 2.24) is 20.2 Å². The van der Waals surface area contributed by atoms with E-state index in [1.165, 1.54) is 0 Å². The molecule has 1 fully saturated rings. The molecule has 0 unspecified atom stereocenters. The molecule has 28 heavy (non-hydrogen) atoms. The van der Waals surface area contributed by atoms with Crippen molar-refractivity contribution < 1.29 is 14.4 Å². The fourth-order valence-corrected chi connectivity index (χ4v) is 3.40. The van der Waals surface area contributed by atoms with E-state index in [2.05, 4.69) is 25.5 Å². The second-order valence-electron chi connectivity index (χ2n) is 6.70. The van der Waals surface area contributed by atoms with Crippen LogP contribution in [-0.4, -0.2) is 64.8 Å². The zero-order valence-electron chi connectivity index (χ0n) is 15.2. The number of anilines is 2. The molecule has 0 bridgehead atoms. The van der Waals surface area contributed by atoms with Gasteiger partial charge in [-0.05, 0) is 12.1 Å². The molecular formula is C19H20N6O3. The van der Waals surface area contributed by atoms with Crippen molar-refractivity contribution in [2.24, 2.45) is 0 Å². The summed E-state index contributed by atoms with van der Waals surface area (Å²) in [6.45, 7) is 2.33. The van der Waals surface area contributed by atoms with Crippen LogP contribution in [0.5, 0.6) is 0 Å². The Balaban J connectivity index is 1.37. The third kappa shape index (κ3) is 3.64. The quantitative estimate of drug-likeness (QED) is 0.791. The molecule has 2 aliphatic rings. The van der Waals surface area contributed by atoms with Crippen LogP contribution in [0.1, 0.15) is 16.8 Å². The second-order valence-corrected chi connectivity index (χ2v) is 6.70. The summed E-state index contributed by atoms with van der Waals surface area (Å²) in [6, 6.07) is 5.88. The molecule has 1 atom stereocenters. The van der Waals surface area contributed by atoms with Crippen molar-refractivity contribution in [3.05, 3.63) is 48.4 Å². The number of hydrogen-bond acceptors (Lipinski definition) is 6. The number of nitrogens with zero attached hydrogens (tertiary/aromatic N) is 4. The first-order chi connectivity index (χ1) is 13.6. The van der Waals surface area contributed by atoms with E-state index in [-0.39, 0.29) is 24.1 Å². The van der Waals surface area contributed by atoms with E-state index >= 15 is 0 Å². The van der Waals surface area contributed by atoms with Crippen LogP contribution < -0.4 is 15.5 Å². The first-order valence-corrected chi connectivity index (χ1v) is 9.11. The van der Waals surface area contributed by atoms with Crippen molar-refractivity contribution in [3.8, 4) is 0 Å². The van der Waals surface area contributed by atoms with Gasteiger partial charge in [0.2, 0.25) is 11.8 Å². The number of aromatic nitrogens is 2. The Kier molecular flexibility index (Phi) is 4.88. The summed E-state index contributed by atoms with van der Waals surface area (Å²) < 4.78 is 0. The van der Waals surface area contributed by atoms with Gasteiger partial charge in [-0.1, -0.05) is 12.1 Å². The van der Waals surface area contributed by atoms with Crippen molar-refractivity contribution >= 4 is 29.2 Å². The predicted octanol–water partition coefficient (Wildman–Crippen LogP) is 0.266. The van der Waals surface area contributed by atoms with Gasteiger partial charge in [-0.3, -0.25) is 19.4 Å². The molecule has 9 nitrogen and oxygen atoms in total. The normalized spacial score (nSPS) is 19.4. The fraction of sp³-hybridized carbons (Fsp3) is 0.316. The number of amides is 3. The average Bonchev–Trinajstić information content (AvgIpc) is 2.85. The van der Waals surface area contributed by atoms with Gasteiger partial charge in [-0.15, -0.1) is 0 Å². The van der Waals surface area contributed by atoms with Crippen LogP contribution in [-0.2, 0) is 9.59 Å². The summed E-state index contributed by atoms with van der Waals surface area (Å²) in [7, 11) is 0. The maximum absolute atomic E-state index is 12.7. The lowest BCUT2D eigenvalue weighted by molar-refractivity contribution is -0.134. The Morgan fingerprint density at radius 3 is 2.64 bits per heavy atom. The highest BCUT2D eigenvalue weighted by Crippen LogP contribution is 2.19. The van der Waals surface area contributed by atoms with E-state index in [1.54, 1.807) is 47.8 Å². The van der Waals surface area contributed by atoms with E-state index in [0.717, 1.165) is 5.82 Å². The van der Waals surface area contributed by atoms with Gasteiger partial charge in [0.25, 0.3) is 5.91 Å². The maximum atomic E-state index is 12.7. The molecule has 2 N–H and O–H groups in total. The third-order valence-electron chi connectivity index (χ3n) is 4.94. The summed E-state index contributed by atoms with van der Waals surface area (Å²) in [5.41, 5.74) is 0.848. The van der Waals surface area contributed by atoms with Gasteiger partial charge in [0.05, 0.1) is 23.9 Å². The number of nitrogens with one attached hydrogen (secondary N) is 2. The Labute approximate surface area is 161 Å². The molecule has 4 rings (SSSR count). The van der Waals surface area contributed by atoms with E-state index in [1.807, 2.05) is 0 Å². The Bertz CT molecular complexity index is 896. The largest absolute Gasteiger partial charge is 0.352 e. The lowest BCUT2D eigenvalue weighted by Gasteiger charge is -2.35. The van der Waals surface area contributed by atoms with Crippen LogP contribution in [0.4, 0.5) is 11.5 Å². The zero-order valence-corrected chi connectivity index (χ0v) is 15.2. The summed E-state index contributed by atoms with van der Waals surface area (Å²) in [5, 5.41) is 5.39. The minimum atomic E-state index is -0.898. The van der Waals surface area contributed by atoms with Crippen molar-refractivity contribution in [2.45, 2.75) is 12.5 Å². The SMILES string of the molecule is O=C1N[C@@H](CC(=O)N2CCN(c3cnccn3)CC2)C(=O)Nc2ccccc21. The number of carbonyl (C=O) groups is 3. The van der Waals surface area contributed by atoms with Crippen molar-refractivity contribution in [2.75, 3.05) is 36.4 Å². The van der Waals surface area contributed by atoms with Gasteiger partial charge >= 0.3 is 0 Å². The standard InChI is InChI=1S/C19H20N6O3/c26-17(25-9-7-24(8-10-25)16-12-20-5-6-21-16)11-15-19(28)22-14-4-2-1-3-13(14)18(27)23-15/h1-6,12,15H,7-11H2,(H,22,28)(H,23,27)/t15-/m0/s1. The van der Waals surface area contributed by atoms with Gasteiger partial charge in [0.15, 0.2) is 0 Å². The molecule has 9 heteroatoms. The summed E-state index contributed by atoms with van der Waals surface area (Å²) in [4.78, 5) is 49.6. The predicted molar refractivity (Wildman–Crippen MR) is 102 cm³/mol. The molecular weight excluding hydrogens is 360 g/mol. The molecule has 1 saturated heterocycles. The smallest absolute Gasteiger partial charge is 0.254 e. The van der Waals surface area contributed by atoms with Gasteiger partial charge in [-0.2, -0.15) is 0 Å². The summed E-state index contributed by atoms with van der Waals surface area (Å²) >= 11 is 0. The number of fused-ring (bicyclic) bond motifs is 1. The summed E-state index contributed by atoms with van der Waals surface area (Å²) in [6.07, 6.45) is 4.88. The van der Waals surface area contributed by atoms with E-state index in [4.69, 9.17) is 0 Å². The van der Waals surface area contributed by atoms with Gasteiger partial charge in [-0.25, -0.2) is 4.98 Å².